The van der Waals surface area contributed by atoms with Crippen LogP contribution in [0.4, 0.5) is 0 Å². The standard InChI is InChI=1S/C10H7BBrO2.C10H6Br2/c12-9-3-1-7-2-4-10(14-11-13)6-8(7)5-9;11-9-3-1-7-2-4-10(12)6-8(7)5-9/h1-6,13H;1-6H. The first kappa shape index (κ1) is 19.4. The van der Waals surface area contributed by atoms with Crippen LogP contribution >= 0.6 is 47.8 Å². The fourth-order valence-corrected chi connectivity index (χ4v) is 3.65. The Bertz CT molecular complexity index is 1020. The fourth-order valence-electron chi connectivity index (χ4n) is 2.52. The van der Waals surface area contributed by atoms with Gasteiger partial charge in [-0.2, -0.15) is 0 Å². The normalized spacial score (nSPS) is 10.3. The molecule has 0 fully saturated rings. The predicted octanol–water partition coefficient (Wildman–Crippen LogP) is 6.87. The van der Waals surface area contributed by atoms with Gasteiger partial charge in [-0.3, -0.25) is 0 Å². The molecule has 0 heterocycles. The summed E-state index contributed by atoms with van der Waals surface area (Å²) in [6, 6.07) is 24.2. The van der Waals surface area contributed by atoms with Gasteiger partial charge in [0.2, 0.25) is 0 Å². The molecule has 0 amide bonds. The number of hydrogen-bond acceptors (Lipinski definition) is 2. The Morgan fingerprint density at radius 3 is 1.46 bits per heavy atom. The molecule has 4 rings (SSSR count). The van der Waals surface area contributed by atoms with E-state index in [0.717, 1.165) is 24.2 Å². The third-order valence-corrected chi connectivity index (χ3v) is 5.21. The molecule has 2 nitrogen and oxygen atoms in total. The van der Waals surface area contributed by atoms with Gasteiger partial charge in [-0.25, -0.2) is 0 Å². The second kappa shape index (κ2) is 9.04. The van der Waals surface area contributed by atoms with Gasteiger partial charge in [-0.15, -0.1) is 0 Å². The summed E-state index contributed by atoms with van der Waals surface area (Å²) in [6.07, 6.45) is 0. The van der Waals surface area contributed by atoms with Crippen LogP contribution in [-0.4, -0.2) is 12.7 Å². The van der Waals surface area contributed by atoms with Gasteiger partial charge in [0.05, 0.1) is 0 Å². The van der Waals surface area contributed by atoms with Crippen LogP contribution in [0.1, 0.15) is 0 Å². The van der Waals surface area contributed by atoms with Crippen molar-refractivity contribution in [1.82, 2.24) is 0 Å². The van der Waals surface area contributed by atoms with E-state index in [1.165, 1.54) is 10.8 Å². The van der Waals surface area contributed by atoms with Gasteiger partial charge in [0.25, 0.3) is 0 Å². The Kier molecular flexibility index (Phi) is 6.76. The molecule has 4 aromatic carbocycles. The highest BCUT2D eigenvalue weighted by Gasteiger charge is 1.98. The number of benzene rings is 4. The van der Waals surface area contributed by atoms with Gasteiger partial charge >= 0.3 is 7.69 Å². The van der Waals surface area contributed by atoms with Crippen molar-refractivity contribution in [2.75, 3.05) is 0 Å². The number of fused-ring (bicyclic) bond motifs is 2. The van der Waals surface area contributed by atoms with Crippen molar-refractivity contribution in [2.45, 2.75) is 0 Å². The highest BCUT2D eigenvalue weighted by Crippen LogP contribution is 2.24. The first-order chi connectivity index (χ1) is 12.5. The van der Waals surface area contributed by atoms with Crippen LogP contribution in [0, 0.1) is 0 Å². The second-order valence-electron chi connectivity index (χ2n) is 5.51. The van der Waals surface area contributed by atoms with Gasteiger partial charge in [-0.05, 0) is 70.1 Å². The lowest BCUT2D eigenvalue weighted by Crippen LogP contribution is -1.99. The summed E-state index contributed by atoms with van der Waals surface area (Å²) in [4.78, 5) is 0. The number of rotatable bonds is 2. The van der Waals surface area contributed by atoms with Crippen LogP contribution in [0.2, 0.25) is 0 Å². The van der Waals surface area contributed by atoms with Gasteiger partial charge in [0.15, 0.2) is 0 Å². The van der Waals surface area contributed by atoms with Gasteiger partial charge < -0.3 is 9.68 Å². The van der Waals surface area contributed by atoms with Crippen molar-refractivity contribution in [3.63, 3.8) is 0 Å². The maximum Gasteiger partial charge on any atom is 0.569 e. The summed E-state index contributed by atoms with van der Waals surface area (Å²) in [5.41, 5.74) is 0. The van der Waals surface area contributed by atoms with E-state index in [9.17, 15) is 0 Å². The Morgan fingerprint density at radius 1 is 0.577 bits per heavy atom. The SMILES string of the molecule is Brc1ccc2ccc(Br)cc2c1.O[B]Oc1ccc2ccc(Br)cc2c1. The van der Waals surface area contributed by atoms with E-state index >= 15 is 0 Å². The van der Waals surface area contributed by atoms with Gasteiger partial charge in [0, 0.05) is 13.4 Å². The molecule has 0 unspecified atom stereocenters. The average molecular weight is 536 g/mol. The van der Waals surface area contributed by atoms with E-state index in [1.807, 2.05) is 36.4 Å². The lowest BCUT2D eigenvalue weighted by Gasteiger charge is -2.03. The molecule has 1 radical (unpaired) electrons. The topological polar surface area (TPSA) is 29.5 Å². The lowest BCUT2D eigenvalue weighted by molar-refractivity contribution is 0.454. The minimum absolute atomic E-state index is 0.623. The highest BCUT2D eigenvalue weighted by molar-refractivity contribution is 9.11. The molecule has 1 N–H and O–H groups in total. The maximum atomic E-state index is 8.49. The molecule has 0 atom stereocenters. The molecular formula is C20H13BBr3O2. The molecule has 0 aromatic heterocycles. The lowest BCUT2D eigenvalue weighted by atomic mass is 10.1. The zero-order valence-corrected chi connectivity index (χ0v) is 18.3. The van der Waals surface area contributed by atoms with E-state index in [0.29, 0.717) is 13.4 Å². The molecule has 0 spiro atoms. The molecule has 26 heavy (non-hydrogen) atoms. The molecule has 0 aliphatic heterocycles. The second-order valence-corrected chi connectivity index (χ2v) is 8.26. The van der Waals surface area contributed by atoms with E-state index in [4.69, 9.17) is 9.68 Å². The van der Waals surface area contributed by atoms with E-state index < -0.39 is 0 Å². The van der Waals surface area contributed by atoms with Crippen molar-refractivity contribution < 1.29 is 9.68 Å². The van der Waals surface area contributed by atoms with Crippen LogP contribution in [0.25, 0.3) is 21.5 Å². The van der Waals surface area contributed by atoms with E-state index in [2.05, 4.69) is 84.2 Å². The Labute approximate surface area is 177 Å². The Hall–Kier alpha value is -1.34. The summed E-state index contributed by atoms with van der Waals surface area (Å²) < 4.78 is 8.13. The number of halogens is 3. The Balaban J connectivity index is 0.000000152. The van der Waals surface area contributed by atoms with Crippen LogP contribution in [0.5, 0.6) is 5.75 Å². The van der Waals surface area contributed by atoms with E-state index in [1.54, 1.807) is 0 Å². The summed E-state index contributed by atoms with van der Waals surface area (Å²) in [7, 11) is 0.680. The zero-order chi connectivity index (χ0) is 18.5. The fraction of sp³-hybridized carbons (Fsp3) is 0. The molecule has 0 saturated carbocycles. The summed E-state index contributed by atoms with van der Waals surface area (Å²) in [5.74, 6) is 0.623. The van der Waals surface area contributed by atoms with Gasteiger partial charge in [-0.1, -0.05) is 72.1 Å². The number of hydrogen-bond donors (Lipinski definition) is 1. The summed E-state index contributed by atoms with van der Waals surface area (Å²) in [5, 5.41) is 13.2. The monoisotopic (exact) mass is 533 g/mol. The average Bonchev–Trinajstić information content (AvgIpc) is 2.62. The largest absolute Gasteiger partial charge is 0.569 e. The zero-order valence-electron chi connectivity index (χ0n) is 13.5. The minimum Gasteiger partial charge on any atom is -0.537 e. The molecule has 4 aromatic rings. The molecule has 0 saturated heterocycles. The third-order valence-electron chi connectivity index (χ3n) is 3.73. The predicted molar refractivity (Wildman–Crippen MR) is 120 cm³/mol. The van der Waals surface area contributed by atoms with Crippen LogP contribution < -0.4 is 4.65 Å². The van der Waals surface area contributed by atoms with Crippen molar-refractivity contribution in [3.05, 3.63) is 86.2 Å². The summed E-state index contributed by atoms with van der Waals surface area (Å²) >= 11 is 10.3. The van der Waals surface area contributed by atoms with Crippen LogP contribution in [0.15, 0.2) is 86.2 Å². The molecule has 0 bridgehead atoms. The molecule has 129 valence electrons. The quantitative estimate of drug-likeness (QED) is 0.284. The van der Waals surface area contributed by atoms with Crippen molar-refractivity contribution in [2.24, 2.45) is 0 Å². The third kappa shape index (κ3) is 5.10. The molecule has 0 aliphatic rings. The van der Waals surface area contributed by atoms with Crippen molar-refractivity contribution in [3.8, 4) is 5.75 Å². The molecule has 0 aliphatic carbocycles. The first-order valence-corrected chi connectivity index (χ1v) is 10.1. The smallest absolute Gasteiger partial charge is 0.537 e. The minimum atomic E-state index is 0.623. The van der Waals surface area contributed by atoms with Crippen molar-refractivity contribution >= 4 is 77.0 Å². The van der Waals surface area contributed by atoms with Crippen LogP contribution in [-0.2, 0) is 0 Å². The summed E-state index contributed by atoms with van der Waals surface area (Å²) in [6.45, 7) is 0. The van der Waals surface area contributed by atoms with E-state index in [-0.39, 0.29) is 0 Å². The maximum absolute atomic E-state index is 8.49. The van der Waals surface area contributed by atoms with Gasteiger partial charge in [0.1, 0.15) is 5.75 Å². The Morgan fingerprint density at radius 2 is 1.00 bits per heavy atom. The highest BCUT2D eigenvalue weighted by atomic mass is 79.9. The first-order valence-electron chi connectivity index (χ1n) is 7.72. The van der Waals surface area contributed by atoms with Crippen molar-refractivity contribution in [1.29, 1.82) is 0 Å². The molecular weight excluding hydrogens is 523 g/mol. The van der Waals surface area contributed by atoms with Crippen LogP contribution in [0.3, 0.4) is 0 Å². The molecule has 6 heteroatoms.